The SMILES string of the molecule is C[C@@H]1C(=O)O[C@@H](CO[Si](C)(C)C(C)(C)C)[C@H]1O[Si](C)(C)C(C)(C)C. The third-order valence-electron chi connectivity index (χ3n) is 6.15. The first kappa shape index (κ1) is 21.9. The van der Waals surface area contributed by atoms with Gasteiger partial charge in [0.2, 0.25) is 0 Å². The van der Waals surface area contributed by atoms with E-state index in [0.717, 1.165) is 0 Å². The molecule has 1 heterocycles. The molecule has 0 aliphatic carbocycles. The van der Waals surface area contributed by atoms with E-state index in [1.165, 1.54) is 0 Å². The first-order chi connectivity index (χ1) is 10.5. The van der Waals surface area contributed by atoms with E-state index in [-0.39, 0.29) is 34.2 Å². The van der Waals surface area contributed by atoms with Crippen LogP contribution in [-0.2, 0) is 18.4 Å². The van der Waals surface area contributed by atoms with Crippen LogP contribution in [0.15, 0.2) is 0 Å². The lowest BCUT2D eigenvalue weighted by Gasteiger charge is -2.41. The quantitative estimate of drug-likeness (QED) is 0.504. The fraction of sp³-hybridized carbons (Fsp3) is 0.944. The van der Waals surface area contributed by atoms with Crippen molar-refractivity contribution in [1.29, 1.82) is 0 Å². The van der Waals surface area contributed by atoms with Crippen LogP contribution in [0.25, 0.3) is 0 Å². The van der Waals surface area contributed by atoms with Crippen LogP contribution < -0.4 is 0 Å². The highest BCUT2D eigenvalue weighted by atomic mass is 28.4. The molecule has 6 heteroatoms. The van der Waals surface area contributed by atoms with Gasteiger partial charge in [0.1, 0.15) is 6.10 Å². The van der Waals surface area contributed by atoms with Gasteiger partial charge >= 0.3 is 5.97 Å². The van der Waals surface area contributed by atoms with E-state index in [2.05, 4.69) is 67.7 Å². The first-order valence-electron chi connectivity index (χ1n) is 9.02. The zero-order chi connectivity index (χ0) is 19.1. The molecule has 0 saturated carbocycles. The van der Waals surface area contributed by atoms with E-state index >= 15 is 0 Å². The van der Waals surface area contributed by atoms with Crippen LogP contribution >= 0.6 is 0 Å². The maximum atomic E-state index is 12.1. The molecule has 0 aromatic heterocycles. The molecule has 1 aliphatic rings. The summed E-state index contributed by atoms with van der Waals surface area (Å²) >= 11 is 0. The van der Waals surface area contributed by atoms with E-state index in [0.29, 0.717) is 6.61 Å². The highest BCUT2D eigenvalue weighted by Crippen LogP contribution is 2.41. The molecule has 0 N–H and O–H groups in total. The number of ether oxygens (including phenoxy) is 1. The fourth-order valence-corrected chi connectivity index (χ4v) is 4.51. The molecule has 0 unspecified atom stereocenters. The lowest BCUT2D eigenvalue weighted by Crippen LogP contribution is -2.49. The zero-order valence-corrected chi connectivity index (χ0v) is 19.6. The second-order valence-corrected chi connectivity index (χ2v) is 19.7. The van der Waals surface area contributed by atoms with Gasteiger partial charge in [-0.1, -0.05) is 41.5 Å². The van der Waals surface area contributed by atoms with Crippen LogP contribution in [0.1, 0.15) is 48.5 Å². The Labute approximate surface area is 150 Å². The summed E-state index contributed by atoms with van der Waals surface area (Å²) in [5.41, 5.74) is 0. The molecule has 3 atom stereocenters. The average molecular weight is 375 g/mol. The van der Waals surface area contributed by atoms with Crippen LogP contribution in [0.2, 0.25) is 36.3 Å². The summed E-state index contributed by atoms with van der Waals surface area (Å²) in [5.74, 6) is -0.394. The van der Waals surface area contributed by atoms with Gasteiger partial charge in [0.15, 0.2) is 16.6 Å². The summed E-state index contributed by atoms with van der Waals surface area (Å²) in [6, 6.07) is 0. The number of hydrogen-bond acceptors (Lipinski definition) is 4. The molecule has 24 heavy (non-hydrogen) atoms. The summed E-state index contributed by atoms with van der Waals surface area (Å²) in [6.45, 7) is 24.5. The van der Waals surface area contributed by atoms with Crippen LogP contribution in [-0.4, -0.2) is 41.4 Å². The summed E-state index contributed by atoms with van der Waals surface area (Å²) in [6.07, 6.45) is -0.501. The Morgan fingerprint density at radius 1 is 0.958 bits per heavy atom. The van der Waals surface area contributed by atoms with Gasteiger partial charge in [-0.05, 0) is 43.2 Å². The number of carbonyl (C=O) groups excluding carboxylic acids is 1. The summed E-state index contributed by atoms with van der Waals surface area (Å²) < 4.78 is 18.4. The van der Waals surface area contributed by atoms with E-state index < -0.39 is 16.6 Å². The lowest BCUT2D eigenvalue weighted by molar-refractivity contribution is -0.145. The topological polar surface area (TPSA) is 44.8 Å². The molecule has 142 valence electrons. The molecular formula is C18H38O4Si2. The maximum Gasteiger partial charge on any atom is 0.311 e. The first-order valence-corrected chi connectivity index (χ1v) is 14.8. The third kappa shape index (κ3) is 4.71. The average Bonchev–Trinajstić information content (AvgIpc) is 2.61. The van der Waals surface area contributed by atoms with E-state index in [1.54, 1.807) is 0 Å². The lowest BCUT2D eigenvalue weighted by atomic mass is 10.0. The molecular weight excluding hydrogens is 336 g/mol. The van der Waals surface area contributed by atoms with E-state index in [9.17, 15) is 4.79 Å². The second kappa shape index (κ2) is 6.85. The van der Waals surface area contributed by atoms with Gasteiger partial charge < -0.3 is 13.6 Å². The van der Waals surface area contributed by atoms with Gasteiger partial charge in [0.25, 0.3) is 0 Å². The predicted octanol–water partition coefficient (Wildman–Crippen LogP) is 4.96. The molecule has 0 aromatic rings. The Balaban J connectivity index is 2.88. The Morgan fingerprint density at radius 2 is 1.42 bits per heavy atom. The van der Waals surface area contributed by atoms with Gasteiger partial charge in [-0.25, -0.2) is 0 Å². The maximum absolute atomic E-state index is 12.1. The third-order valence-corrected chi connectivity index (χ3v) is 15.1. The molecule has 1 fully saturated rings. The standard InChI is InChI=1S/C18H38O4Si2/c1-13-15(22-24(10,11)18(5,6)7)14(21-16(13)19)12-20-23(8,9)17(2,3)4/h13-15H,12H2,1-11H3/t13-,14-,15-/m0/s1. The molecule has 0 aromatic carbocycles. The molecule has 1 saturated heterocycles. The van der Waals surface area contributed by atoms with Crippen molar-refractivity contribution >= 4 is 22.6 Å². The van der Waals surface area contributed by atoms with Crippen LogP contribution in [0.3, 0.4) is 0 Å². The van der Waals surface area contributed by atoms with Crippen molar-refractivity contribution in [3.63, 3.8) is 0 Å². The molecule has 0 radical (unpaired) electrons. The molecule has 1 aliphatic heterocycles. The number of rotatable bonds is 5. The summed E-state index contributed by atoms with van der Waals surface area (Å²) in [5, 5.41) is 0.236. The monoisotopic (exact) mass is 374 g/mol. The van der Waals surface area contributed by atoms with Gasteiger partial charge in [-0.15, -0.1) is 0 Å². The fourth-order valence-electron chi connectivity index (χ4n) is 2.11. The molecule has 0 bridgehead atoms. The second-order valence-electron chi connectivity index (χ2n) is 10.2. The Bertz CT molecular complexity index is 461. The molecule has 4 nitrogen and oxygen atoms in total. The molecule has 1 rings (SSSR count). The van der Waals surface area contributed by atoms with Crippen LogP contribution in [0, 0.1) is 5.92 Å². The minimum absolute atomic E-state index is 0.100. The van der Waals surface area contributed by atoms with E-state index in [1.807, 2.05) is 6.92 Å². The van der Waals surface area contributed by atoms with Crippen LogP contribution in [0.4, 0.5) is 0 Å². The highest BCUT2D eigenvalue weighted by Gasteiger charge is 2.49. The normalized spacial score (nSPS) is 26.6. The van der Waals surface area contributed by atoms with Gasteiger partial charge in [-0.2, -0.15) is 0 Å². The highest BCUT2D eigenvalue weighted by molar-refractivity contribution is 6.74. The van der Waals surface area contributed by atoms with Crippen molar-refractivity contribution in [2.75, 3.05) is 6.61 Å². The number of carbonyl (C=O) groups is 1. The Kier molecular flexibility index (Phi) is 6.24. The summed E-state index contributed by atoms with van der Waals surface area (Å²) in [7, 11) is -3.85. The Morgan fingerprint density at radius 3 is 1.83 bits per heavy atom. The summed E-state index contributed by atoms with van der Waals surface area (Å²) in [4.78, 5) is 12.1. The minimum Gasteiger partial charge on any atom is -0.457 e. The van der Waals surface area contributed by atoms with Gasteiger partial charge in [-0.3, -0.25) is 4.79 Å². The van der Waals surface area contributed by atoms with Gasteiger partial charge in [0.05, 0.1) is 18.6 Å². The largest absolute Gasteiger partial charge is 0.457 e. The number of esters is 1. The predicted molar refractivity (Wildman–Crippen MR) is 104 cm³/mol. The van der Waals surface area contributed by atoms with Crippen molar-refractivity contribution in [1.82, 2.24) is 0 Å². The van der Waals surface area contributed by atoms with Crippen molar-refractivity contribution in [3.05, 3.63) is 0 Å². The van der Waals surface area contributed by atoms with Crippen molar-refractivity contribution in [2.24, 2.45) is 5.92 Å². The zero-order valence-electron chi connectivity index (χ0n) is 17.6. The minimum atomic E-state index is -1.97. The number of cyclic esters (lactones) is 1. The molecule has 0 spiro atoms. The van der Waals surface area contributed by atoms with Crippen molar-refractivity contribution in [2.45, 2.75) is 96.9 Å². The number of hydrogen-bond donors (Lipinski definition) is 0. The van der Waals surface area contributed by atoms with Crippen LogP contribution in [0.5, 0.6) is 0 Å². The Hall–Kier alpha value is -0.176. The van der Waals surface area contributed by atoms with Gasteiger partial charge in [0, 0.05) is 0 Å². The smallest absolute Gasteiger partial charge is 0.311 e. The molecule has 0 amide bonds. The van der Waals surface area contributed by atoms with Crippen molar-refractivity contribution in [3.8, 4) is 0 Å². The van der Waals surface area contributed by atoms with E-state index in [4.69, 9.17) is 13.6 Å². The van der Waals surface area contributed by atoms with Crippen molar-refractivity contribution < 1.29 is 18.4 Å².